The molecule has 8 nitrogen and oxygen atoms in total. The normalized spacial score (nSPS) is 14.7. The number of benzene rings is 1. The van der Waals surface area contributed by atoms with Crippen molar-refractivity contribution in [3.05, 3.63) is 56.5 Å². The van der Waals surface area contributed by atoms with Crippen molar-refractivity contribution in [3.8, 4) is 0 Å². The fourth-order valence-electron chi connectivity index (χ4n) is 3.65. The van der Waals surface area contributed by atoms with Gasteiger partial charge in [0.2, 0.25) is 5.95 Å². The van der Waals surface area contributed by atoms with Gasteiger partial charge in [0.15, 0.2) is 0 Å². The molecule has 3 rings (SSSR count). The summed E-state index contributed by atoms with van der Waals surface area (Å²) in [6.07, 6.45) is 0.00686. The number of amides is 1. The number of hydrogen-bond acceptors (Lipinski definition) is 6. The van der Waals surface area contributed by atoms with Crippen molar-refractivity contribution in [2.45, 2.75) is 59.2 Å². The minimum atomic E-state index is -0.607. The number of hydrogen-bond donors (Lipinski definition) is 1. The number of halogens is 1. The zero-order chi connectivity index (χ0) is 23.6. The Bertz CT molecular complexity index is 1030. The van der Waals surface area contributed by atoms with Crippen molar-refractivity contribution in [2.75, 3.05) is 19.0 Å². The summed E-state index contributed by atoms with van der Waals surface area (Å²) in [7, 11) is 1.42. The Kier molecular flexibility index (Phi) is 7.03. The van der Waals surface area contributed by atoms with Gasteiger partial charge in [0.1, 0.15) is 12.7 Å². The Morgan fingerprint density at radius 3 is 2.44 bits per heavy atom. The number of carbonyl (C=O) groups excluding carboxylic acids is 1. The molecule has 0 aliphatic carbocycles. The minimum absolute atomic E-state index is 0.111. The predicted molar refractivity (Wildman–Crippen MR) is 124 cm³/mol. The fraction of sp³-hybridized carbons (Fsp3) is 0.522. The summed E-state index contributed by atoms with van der Waals surface area (Å²) in [5, 5.41) is 4.03. The summed E-state index contributed by atoms with van der Waals surface area (Å²) in [4.78, 5) is 37.3. The maximum Gasteiger partial charge on any atom is 0.410 e. The quantitative estimate of drug-likeness (QED) is 0.721. The van der Waals surface area contributed by atoms with Crippen LogP contribution < -0.4 is 15.7 Å². The number of rotatable bonds is 5. The maximum atomic E-state index is 13.2. The van der Waals surface area contributed by atoms with E-state index in [1.54, 1.807) is 0 Å². The smallest absolute Gasteiger partial charge is 0.410 e. The van der Waals surface area contributed by atoms with E-state index in [1.165, 1.54) is 12.0 Å². The van der Waals surface area contributed by atoms with Gasteiger partial charge < -0.3 is 19.8 Å². The molecule has 0 radical (unpaired) electrons. The second kappa shape index (κ2) is 9.40. The Morgan fingerprint density at radius 1 is 1.22 bits per heavy atom. The van der Waals surface area contributed by atoms with Crippen molar-refractivity contribution in [2.24, 2.45) is 5.92 Å². The van der Waals surface area contributed by atoms with E-state index in [4.69, 9.17) is 26.2 Å². The molecule has 2 aromatic rings. The molecule has 1 amide bonds. The van der Waals surface area contributed by atoms with E-state index in [1.807, 2.05) is 45.0 Å². The van der Waals surface area contributed by atoms with Crippen LogP contribution >= 0.6 is 11.6 Å². The molecule has 1 aromatic carbocycles. The van der Waals surface area contributed by atoms with Crippen LogP contribution in [0.1, 0.15) is 57.5 Å². The lowest BCUT2D eigenvalue weighted by Crippen LogP contribution is -2.44. The van der Waals surface area contributed by atoms with Crippen LogP contribution in [0.3, 0.4) is 0 Å². The third kappa shape index (κ3) is 5.35. The second-order valence-electron chi connectivity index (χ2n) is 9.21. The van der Waals surface area contributed by atoms with Crippen molar-refractivity contribution >= 4 is 23.6 Å². The molecule has 1 N–H and O–H groups in total. The highest BCUT2D eigenvalue weighted by Gasteiger charge is 2.30. The summed E-state index contributed by atoms with van der Waals surface area (Å²) in [6, 6.07) is 7.46. The highest BCUT2D eigenvalue weighted by molar-refractivity contribution is 6.30. The molecule has 32 heavy (non-hydrogen) atoms. The van der Waals surface area contributed by atoms with Crippen LogP contribution in [-0.4, -0.2) is 40.0 Å². The lowest BCUT2D eigenvalue weighted by atomic mass is 9.96. The van der Waals surface area contributed by atoms with Gasteiger partial charge in [0, 0.05) is 18.0 Å². The first-order valence-electron chi connectivity index (χ1n) is 10.7. The molecule has 0 fully saturated rings. The van der Waals surface area contributed by atoms with E-state index in [-0.39, 0.29) is 24.1 Å². The molecule has 0 bridgehead atoms. The van der Waals surface area contributed by atoms with Crippen molar-refractivity contribution in [1.82, 2.24) is 14.6 Å². The number of nitrogens with one attached hydrogen (secondary N) is 1. The van der Waals surface area contributed by atoms with Gasteiger partial charge in [-0.3, -0.25) is 4.79 Å². The molecule has 0 unspecified atom stereocenters. The highest BCUT2D eigenvalue weighted by Crippen LogP contribution is 2.27. The van der Waals surface area contributed by atoms with E-state index in [0.717, 1.165) is 10.3 Å². The largest absolute Gasteiger partial charge is 0.444 e. The molecule has 0 saturated heterocycles. The van der Waals surface area contributed by atoms with Crippen molar-refractivity contribution < 1.29 is 14.4 Å². The SMILES string of the molecule is COn1c(N[C@H](c2ccc(Cl)cc2)C(C)C)nc2c(c1=O)CN(C(=O)OC(C)(C)C)CC2. The highest BCUT2D eigenvalue weighted by atomic mass is 35.5. The average molecular weight is 463 g/mol. The van der Waals surface area contributed by atoms with Gasteiger partial charge in [-0.1, -0.05) is 37.6 Å². The minimum Gasteiger partial charge on any atom is -0.444 e. The number of carbonyl (C=O) groups is 1. The summed E-state index contributed by atoms with van der Waals surface area (Å²) >= 11 is 6.04. The van der Waals surface area contributed by atoms with Crippen LogP contribution in [0.2, 0.25) is 5.02 Å². The average Bonchev–Trinajstić information content (AvgIpc) is 2.71. The number of aromatic nitrogens is 2. The van der Waals surface area contributed by atoms with Gasteiger partial charge in [-0.05, 0) is 44.4 Å². The van der Waals surface area contributed by atoms with Crippen molar-refractivity contribution in [1.29, 1.82) is 0 Å². The summed E-state index contributed by atoms with van der Waals surface area (Å²) in [5.74, 6) is 0.535. The monoisotopic (exact) mass is 462 g/mol. The van der Waals surface area contributed by atoms with E-state index < -0.39 is 11.7 Å². The lowest BCUT2D eigenvalue weighted by molar-refractivity contribution is 0.0219. The van der Waals surface area contributed by atoms with Crippen molar-refractivity contribution in [3.63, 3.8) is 0 Å². The molecule has 9 heteroatoms. The Balaban J connectivity index is 1.92. The maximum absolute atomic E-state index is 13.2. The first kappa shape index (κ1) is 23.9. The topological polar surface area (TPSA) is 85.7 Å². The van der Waals surface area contributed by atoms with E-state index in [2.05, 4.69) is 19.2 Å². The van der Waals surface area contributed by atoms with Crippen LogP contribution in [-0.2, 0) is 17.7 Å². The molecule has 0 saturated carbocycles. The Hall–Kier alpha value is -2.74. The van der Waals surface area contributed by atoms with E-state index in [0.29, 0.717) is 35.2 Å². The molecule has 1 aliphatic rings. The molecule has 1 aliphatic heterocycles. The third-order valence-electron chi connectivity index (χ3n) is 5.21. The summed E-state index contributed by atoms with van der Waals surface area (Å²) in [5.41, 5.74) is 1.16. The Labute approximate surface area is 193 Å². The molecule has 1 atom stereocenters. The van der Waals surface area contributed by atoms with Gasteiger partial charge >= 0.3 is 6.09 Å². The van der Waals surface area contributed by atoms with Crippen LogP contribution in [0.5, 0.6) is 0 Å². The van der Waals surface area contributed by atoms with Gasteiger partial charge in [0.25, 0.3) is 5.56 Å². The zero-order valence-electron chi connectivity index (χ0n) is 19.4. The van der Waals surface area contributed by atoms with Crippen LogP contribution in [0.25, 0.3) is 0 Å². The van der Waals surface area contributed by atoms with Crippen LogP contribution in [0, 0.1) is 5.92 Å². The van der Waals surface area contributed by atoms with Crippen LogP contribution in [0.4, 0.5) is 10.7 Å². The Morgan fingerprint density at radius 2 is 1.88 bits per heavy atom. The fourth-order valence-corrected chi connectivity index (χ4v) is 3.77. The molecule has 2 heterocycles. The first-order chi connectivity index (χ1) is 15.0. The predicted octanol–water partition coefficient (Wildman–Crippen LogP) is 4.06. The summed E-state index contributed by atoms with van der Waals surface area (Å²) in [6.45, 7) is 10.2. The molecular weight excluding hydrogens is 432 g/mol. The number of fused-ring (bicyclic) bond motifs is 1. The number of anilines is 1. The lowest BCUT2D eigenvalue weighted by Gasteiger charge is -2.31. The zero-order valence-corrected chi connectivity index (χ0v) is 20.2. The number of ether oxygens (including phenoxy) is 1. The molecule has 1 aromatic heterocycles. The van der Waals surface area contributed by atoms with E-state index in [9.17, 15) is 9.59 Å². The molecular formula is C23H31ClN4O4. The summed E-state index contributed by atoms with van der Waals surface area (Å²) < 4.78 is 6.60. The third-order valence-corrected chi connectivity index (χ3v) is 5.46. The first-order valence-corrected chi connectivity index (χ1v) is 11.1. The molecule has 0 spiro atoms. The number of nitrogens with zero attached hydrogens (tertiary/aromatic N) is 3. The van der Waals surface area contributed by atoms with Gasteiger partial charge in [-0.25, -0.2) is 9.78 Å². The van der Waals surface area contributed by atoms with E-state index >= 15 is 0 Å². The molecule has 174 valence electrons. The van der Waals surface area contributed by atoms with Gasteiger partial charge in [-0.15, -0.1) is 4.73 Å². The van der Waals surface area contributed by atoms with Gasteiger partial charge in [0.05, 0.1) is 23.8 Å². The second-order valence-corrected chi connectivity index (χ2v) is 9.65. The van der Waals surface area contributed by atoms with Gasteiger partial charge in [-0.2, -0.15) is 0 Å². The van der Waals surface area contributed by atoms with Crippen LogP contribution in [0.15, 0.2) is 29.1 Å². The standard InChI is InChI=1S/C23H31ClN4O4/c1-14(2)19(15-7-9-16(24)10-8-15)26-21-25-18-11-12-27(22(30)32-23(3,4)5)13-17(18)20(29)28(21)31-6/h7-10,14,19H,11-13H2,1-6H3,(H,25,26)/t19-/m0/s1.